The van der Waals surface area contributed by atoms with Gasteiger partial charge in [0.1, 0.15) is 0 Å². The predicted octanol–water partition coefficient (Wildman–Crippen LogP) is 2.94. The first-order valence-electron chi connectivity index (χ1n) is 5.29. The Bertz CT molecular complexity index is 458. The van der Waals surface area contributed by atoms with E-state index in [2.05, 4.69) is 6.58 Å². The molecule has 1 rings (SSSR count). The number of carbonyl (C=O) groups is 2. The largest absolute Gasteiger partial charge is 0.295 e. The van der Waals surface area contributed by atoms with Gasteiger partial charge in [-0.3, -0.25) is 14.5 Å². The average Bonchev–Trinajstić information content (AvgIpc) is 2.31. The molecular formula is C14H15NO2. The number of carbonyl (C=O) groups excluding carboxylic acids is 2. The minimum atomic E-state index is -0.168. The summed E-state index contributed by atoms with van der Waals surface area (Å²) >= 11 is 0. The number of nitrogens with zero attached hydrogens (tertiary/aromatic N) is 1. The van der Waals surface area contributed by atoms with Crippen LogP contribution in [0.15, 0.2) is 49.2 Å². The van der Waals surface area contributed by atoms with Crippen LogP contribution in [-0.2, 0) is 4.79 Å². The van der Waals surface area contributed by atoms with Crippen molar-refractivity contribution in [3.8, 4) is 0 Å². The van der Waals surface area contributed by atoms with Crippen LogP contribution in [0, 0.1) is 0 Å². The lowest BCUT2D eigenvalue weighted by molar-refractivity contribution is -0.113. The first-order valence-corrected chi connectivity index (χ1v) is 5.29. The van der Waals surface area contributed by atoms with Crippen molar-refractivity contribution in [3.05, 3.63) is 54.8 Å². The molecular weight excluding hydrogens is 214 g/mol. The maximum atomic E-state index is 11.7. The first kappa shape index (κ1) is 12.9. The summed E-state index contributed by atoms with van der Waals surface area (Å²) in [4.78, 5) is 24.2. The lowest BCUT2D eigenvalue weighted by atomic mass is 10.1. The van der Waals surface area contributed by atoms with Crippen LogP contribution in [-0.4, -0.2) is 11.7 Å². The molecule has 1 aromatic carbocycles. The summed E-state index contributed by atoms with van der Waals surface area (Å²) in [6.07, 6.45) is 4.58. The van der Waals surface area contributed by atoms with E-state index < -0.39 is 0 Å². The summed E-state index contributed by atoms with van der Waals surface area (Å²) in [5.74, 6) is -0.167. The molecule has 0 bridgehead atoms. The molecule has 0 spiro atoms. The molecule has 1 amide bonds. The Labute approximate surface area is 101 Å². The maximum absolute atomic E-state index is 11.7. The van der Waals surface area contributed by atoms with Crippen LogP contribution in [0.3, 0.4) is 0 Å². The number of anilines is 1. The summed E-state index contributed by atoms with van der Waals surface area (Å²) in [7, 11) is 0. The van der Waals surface area contributed by atoms with Gasteiger partial charge in [0.05, 0.1) is 0 Å². The molecule has 0 saturated heterocycles. The second kappa shape index (κ2) is 5.80. The van der Waals surface area contributed by atoms with Gasteiger partial charge in [0.2, 0.25) is 0 Å². The number of amides is 1. The van der Waals surface area contributed by atoms with Crippen LogP contribution in [0.2, 0.25) is 0 Å². The molecule has 17 heavy (non-hydrogen) atoms. The Kier molecular flexibility index (Phi) is 4.40. The minimum Gasteiger partial charge on any atom is -0.295 e. The molecule has 0 aliphatic rings. The second-order valence-electron chi connectivity index (χ2n) is 3.49. The van der Waals surface area contributed by atoms with E-state index >= 15 is 0 Å². The normalized spacial score (nSPS) is 10.2. The third-order valence-corrected chi connectivity index (χ3v) is 2.28. The maximum Gasteiger partial charge on any atom is 0.254 e. The quantitative estimate of drug-likeness (QED) is 0.588. The first-order chi connectivity index (χ1) is 8.10. The van der Waals surface area contributed by atoms with E-state index in [1.165, 1.54) is 24.1 Å². The van der Waals surface area contributed by atoms with Gasteiger partial charge in [-0.15, -0.1) is 0 Å². The highest BCUT2D eigenvalue weighted by Gasteiger charge is 2.09. The molecule has 88 valence electrons. The van der Waals surface area contributed by atoms with Crippen molar-refractivity contribution in [2.24, 2.45) is 0 Å². The second-order valence-corrected chi connectivity index (χ2v) is 3.49. The van der Waals surface area contributed by atoms with Crippen molar-refractivity contribution < 1.29 is 9.59 Å². The van der Waals surface area contributed by atoms with Crippen molar-refractivity contribution >= 4 is 17.4 Å². The van der Waals surface area contributed by atoms with Crippen molar-refractivity contribution in [3.63, 3.8) is 0 Å². The van der Waals surface area contributed by atoms with E-state index in [4.69, 9.17) is 0 Å². The van der Waals surface area contributed by atoms with Gasteiger partial charge >= 0.3 is 0 Å². The van der Waals surface area contributed by atoms with Crippen molar-refractivity contribution in [2.75, 3.05) is 4.90 Å². The Morgan fingerprint density at radius 1 is 1.24 bits per heavy atom. The van der Waals surface area contributed by atoms with Crippen LogP contribution in [0.25, 0.3) is 0 Å². The van der Waals surface area contributed by atoms with E-state index in [-0.39, 0.29) is 11.7 Å². The van der Waals surface area contributed by atoms with Crippen molar-refractivity contribution in [2.45, 2.75) is 13.8 Å². The molecule has 0 aliphatic heterocycles. The van der Waals surface area contributed by atoms with Gasteiger partial charge in [-0.2, -0.15) is 0 Å². The third kappa shape index (κ3) is 3.14. The van der Waals surface area contributed by atoms with E-state index in [1.54, 1.807) is 37.3 Å². The van der Waals surface area contributed by atoms with Crippen LogP contribution < -0.4 is 4.90 Å². The van der Waals surface area contributed by atoms with Gasteiger partial charge in [0.25, 0.3) is 5.91 Å². The number of hydrogen-bond acceptors (Lipinski definition) is 2. The standard InChI is InChI=1S/C14H15NO2/c1-4-6-14(17)15(5-2)13-9-7-12(8-10-13)11(3)16/h4-10H,2H2,1,3H3/b6-4-. The van der Waals surface area contributed by atoms with Gasteiger partial charge in [-0.1, -0.05) is 12.7 Å². The fraction of sp³-hybridized carbons (Fsp3) is 0.143. The van der Waals surface area contributed by atoms with Crippen LogP contribution in [0.5, 0.6) is 0 Å². The molecule has 0 N–H and O–H groups in total. The molecule has 0 heterocycles. The fourth-order valence-electron chi connectivity index (χ4n) is 1.40. The highest BCUT2D eigenvalue weighted by molar-refractivity contribution is 6.03. The predicted molar refractivity (Wildman–Crippen MR) is 68.9 cm³/mol. The van der Waals surface area contributed by atoms with Gasteiger partial charge in [-0.25, -0.2) is 0 Å². The summed E-state index contributed by atoms with van der Waals surface area (Å²) in [5.41, 5.74) is 1.31. The number of ketones is 1. The van der Waals surface area contributed by atoms with Crippen molar-refractivity contribution in [1.29, 1.82) is 0 Å². The monoisotopic (exact) mass is 229 g/mol. The molecule has 3 heteroatoms. The van der Waals surface area contributed by atoms with E-state index in [0.29, 0.717) is 11.3 Å². The van der Waals surface area contributed by atoms with Gasteiger partial charge < -0.3 is 0 Å². The SMILES string of the molecule is C=CN(C(=O)/C=C\C)c1ccc(C(C)=O)cc1. The van der Waals surface area contributed by atoms with Crippen molar-refractivity contribution in [1.82, 2.24) is 0 Å². The van der Waals surface area contributed by atoms with Crippen LogP contribution in [0.1, 0.15) is 24.2 Å². The molecule has 0 aliphatic carbocycles. The van der Waals surface area contributed by atoms with Gasteiger partial charge in [0.15, 0.2) is 5.78 Å². The molecule has 0 saturated carbocycles. The number of rotatable bonds is 4. The lowest BCUT2D eigenvalue weighted by Gasteiger charge is -2.16. The number of benzene rings is 1. The average molecular weight is 229 g/mol. The van der Waals surface area contributed by atoms with Gasteiger partial charge in [-0.05, 0) is 44.2 Å². The topological polar surface area (TPSA) is 37.4 Å². The zero-order valence-corrected chi connectivity index (χ0v) is 10.0. The molecule has 0 radical (unpaired) electrons. The van der Waals surface area contributed by atoms with Gasteiger partial charge in [0, 0.05) is 17.5 Å². The smallest absolute Gasteiger partial charge is 0.254 e. The molecule has 0 unspecified atom stereocenters. The third-order valence-electron chi connectivity index (χ3n) is 2.28. The lowest BCUT2D eigenvalue weighted by Crippen LogP contribution is -2.22. The van der Waals surface area contributed by atoms with E-state index in [0.717, 1.165) is 0 Å². The Morgan fingerprint density at radius 3 is 2.24 bits per heavy atom. The number of allylic oxidation sites excluding steroid dienone is 1. The Balaban J connectivity index is 3.01. The summed E-state index contributed by atoms with van der Waals surface area (Å²) in [5, 5.41) is 0. The van der Waals surface area contributed by atoms with E-state index in [1.807, 2.05) is 0 Å². The summed E-state index contributed by atoms with van der Waals surface area (Å²) in [6, 6.07) is 6.83. The fourth-order valence-corrected chi connectivity index (χ4v) is 1.40. The molecule has 0 aromatic heterocycles. The Hall–Kier alpha value is -2.16. The highest BCUT2D eigenvalue weighted by Crippen LogP contribution is 2.16. The molecule has 0 fully saturated rings. The zero-order chi connectivity index (χ0) is 12.8. The molecule has 3 nitrogen and oxygen atoms in total. The zero-order valence-electron chi connectivity index (χ0n) is 10.0. The van der Waals surface area contributed by atoms with Crippen LogP contribution in [0.4, 0.5) is 5.69 Å². The number of hydrogen-bond donors (Lipinski definition) is 0. The highest BCUT2D eigenvalue weighted by atomic mass is 16.2. The summed E-state index contributed by atoms with van der Waals surface area (Å²) in [6.45, 7) is 6.88. The minimum absolute atomic E-state index is 0.00137. The molecule has 0 atom stereocenters. The Morgan fingerprint density at radius 2 is 1.82 bits per heavy atom. The summed E-state index contributed by atoms with van der Waals surface area (Å²) < 4.78 is 0. The van der Waals surface area contributed by atoms with E-state index in [9.17, 15) is 9.59 Å². The van der Waals surface area contributed by atoms with Crippen LogP contribution >= 0.6 is 0 Å². The molecule has 1 aromatic rings. The number of Topliss-reactive ketones (excluding diaryl/α,β-unsaturated/α-hetero) is 1.